The molecule has 178 valence electrons. The zero-order valence-corrected chi connectivity index (χ0v) is 19.2. The molecule has 2 aliphatic rings. The summed E-state index contributed by atoms with van der Waals surface area (Å²) in [6.07, 6.45) is -0.284. The molecule has 0 bridgehead atoms. The van der Waals surface area contributed by atoms with Crippen LogP contribution in [0.5, 0.6) is 0 Å². The van der Waals surface area contributed by atoms with Crippen LogP contribution in [0.25, 0.3) is 0 Å². The molecule has 2 saturated heterocycles. The van der Waals surface area contributed by atoms with E-state index in [9.17, 15) is 22.8 Å². The van der Waals surface area contributed by atoms with Crippen LogP contribution >= 0.6 is 0 Å². The summed E-state index contributed by atoms with van der Waals surface area (Å²) in [7, 11) is 0. The van der Waals surface area contributed by atoms with Crippen LogP contribution in [0.1, 0.15) is 53.9 Å². The Balaban J connectivity index is 0.000000686. The average Bonchev–Trinajstić information content (AvgIpc) is 2.66. The largest absolute Gasteiger partial charge is 0.401 e. The third-order valence-corrected chi connectivity index (χ3v) is 4.20. The Morgan fingerprint density at radius 2 is 1.43 bits per heavy atom. The first-order valence-corrected chi connectivity index (χ1v) is 10.8. The molecule has 6 nitrogen and oxygen atoms in total. The lowest BCUT2D eigenvalue weighted by Crippen LogP contribution is -2.53. The van der Waals surface area contributed by atoms with Crippen LogP contribution in [-0.2, 0) is 9.53 Å². The van der Waals surface area contributed by atoms with Gasteiger partial charge in [-0.15, -0.1) is 0 Å². The maximum atomic E-state index is 12.2. The molecule has 30 heavy (non-hydrogen) atoms. The van der Waals surface area contributed by atoms with Crippen LogP contribution in [0.4, 0.5) is 18.0 Å². The normalized spacial score (nSPS) is 17.6. The van der Waals surface area contributed by atoms with Gasteiger partial charge in [0.15, 0.2) is 5.78 Å². The Morgan fingerprint density at radius 3 is 1.77 bits per heavy atom. The molecule has 1 N–H and O–H groups in total. The maximum Gasteiger partial charge on any atom is 0.401 e. The Bertz CT molecular complexity index is 460. The molecule has 0 aliphatic carbocycles. The minimum Gasteiger partial charge on any atom is -0.381 e. The summed E-state index contributed by atoms with van der Waals surface area (Å²) in [4.78, 5) is 25.8. The Morgan fingerprint density at radius 1 is 0.933 bits per heavy atom. The molecular weight excluding hydrogens is 399 g/mol. The molecule has 0 atom stereocenters. The molecular formula is C21H40F3N3O3. The minimum atomic E-state index is -4.21. The number of ether oxygens (including phenoxy) is 1. The number of hydrogen-bond donors (Lipinski definition) is 1. The highest BCUT2D eigenvalue weighted by molar-refractivity contribution is 5.86. The summed E-state index contributed by atoms with van der Waals surface area (Å²) in [5.41, 5.74) is 0. The highest BCUT2D eigenvalue weighted by Gasteiger charge is 2.32. The van der Waals surface area contributed by atoms with Gasteiger partial charge in [-0.3, -0.25) is 9.69 Å². The van der Waals surface area contributed by atoms with Gasteiger partial charge in [-0.25, -0.2) is 4.79 Å². The smallest absolute Gasteiger partial charge is 0.381 e. The lowest BCUT2D eigenvalue weighted by molar-refractivity contribution is -0.148. The Labute approximate surface area is 179 Å². The predicted molar refractivity (Wildman–Crippen MR) is 112 cm³/mol. The lowest BCUT2D eigenvalue weighted by atomic mass is 10.1. The number of halogens is 3. The van der Waals surface area contributed by atoms with Gasteiger partial charge in [-0.2, -0.15) is 13.2 Å². The van der Waals surface area contributed by atoms with Crippen molar-refractivity contribution in [2.24, 2.45) is 11.8 Å². The van der Waals surface area contributed by atoms with Gasteiger partial charge in [0.05, 0.1) is 13.1 Å². The third kappa shape index (κ3) is 16.4. The van der Waals surface area contributed by atoms with Gasteiger partial charge in [-0.1, -0.05) is 34.6 Å². The summed E-state index contributed by atoms with van der Waals surface area (Å²) in [5, 5.41) is 2.49. The fourth-order valence-corrected chi connectivity index (χ4v) is 2.53. The van der Waals surface area contributed by atoms with Gasteiger partial charge < -0.3 is 15.0 Å². The van der Waals surface area contributed by atoms with E-state index in [2.05, 4.69) is 26.1 Å². The maximum absolute atomic E-state index is 12.2. The number of urea groups is 1. The molecule has 0 radical (unpaired) electrons. The number of carbonyl (C=O) groups is 2. The molecule has 0 spiro atoms. The van der Waals surface area contributed by atoms with Crippen molar-refractivity contribution in [1.82, 2.24) is 15.1 Å². The van der Waals surface area contributed by atoms with Gasteiger partial charge in [0.1, 0.15) is 0 Å². The average molecular weight is 440 g/mol. The first kappa shape index (κ1) is 28.6. The highest BCUT2D eigenvalue weighted by atomic mass is 19.4. The van der Waals surface area contributed by atoms with E-state index in [1.807, 2.05) is 0 Å². The molecule has 2 fully saturated rings. The number of Topliss-reactive ketones (excluding diaryl/α,β-unsaturated/α-hetero) is 1. The van der Waals surface area contributed by atoms with E-state index in [4.69, 9.17) is 4.74 Å². The summed E-state index contributed by atoms with van der Waals surface area (Å²) in [6.45, 7) is 11.8. The first-order chi connectivity index (χ1) is 13.9. The van der Waals surface area contributed by atoms with Crippen LogP contribution < -0.4 is 5.32 Å². The van der Waals surface area contributed by atoms with Gasteiger partial charge in [0.25, 0.3) is 0 Å². The number of carbonyl (C=O) groups excluding carboxylic acids is 2. The van der Waals surface area contributed by atoms with Crippen molar-refractivity contribution in [3.05, 3.63) is 0 Å². The topological polar surface area (TPSA) is 61.9 Å². The molecule has 2 amide bonds. The number of piperazine rings is 1. The van der Waals surface area contributed by atoms with Crippen molar-refractivity contribution in [2.75, 3.05) is 52.5 Å². The second kappa shape index (κ2) is 15.5. The summed E-state index contributed by atoms with van der Waals surface area (Å²) >= 11 is 0. The van der Waals surface area contributed by atoms with Crippen LogP contribution in [-0.4, -0.2) is 80.3 Å². The molecule has 2 rings (SSSR count). The van der Waals surface area contributed by atoms with Crippen LogP contribution in [0.3, 0.4) is 0 Å². The van der Waals surface area contributed by atoms with E-state index in [1.54, 1.807) is 13.8 Å². The quantitative estimate of drug-likeness (QED) is 0.721. The fourth-order valence-electron chi connectivity index (χ4n) is 2.53. The molecule has 9 heteroatoms. The molecule has 0 saturated carbocycles. The number of rotatable bonds is 4. The standard InChI is InChI=1S/C12H20F3N3O2.C5H10O.C4H10/c1-9(2)10(19)7-16-11(20)18-5-3-17(4-6-18)8-12(13,14)15;1-2-4-6-5-3-1;1-4(2)3/h9H,3-8H2,1-2H3,(H,16,20);1-5H2;4H,1-3H3. The van der Waals surface area contributed by atoms with Crippen molar-refractivity contribution in [2.45, 2.75) is 60.1 Å². The fraction of sp³-hybridized carbons (Fsp3) is 0.905. The number of hydrogen-bond acceptors (Lipinski definition) is 4. The summed E-state index contributed by atoms with van der Waals surface area (Å²) in [6, 6.07) is -0.398. The lowest BCUT2D eigenvalue weighted by Gasteiger charge is -2.34. The monoisotopic (exact) mass is 439 g/mol. The highest BCUT2D eigenvalue weighted by Crippen LogP contribution is 2.17. The van der Waals surface area contributed by atoms with Crippen molar-refractivity contribution >= 4 is 11.8 Å². The predicted octanol–water partition coefficient (Wildman–Crippen LogP) is 3.95. The zero-order valence-electron chi connectivity index (χ0n) is 19.2. The van der Waals surface area contributed by atoms with Crippen LogP contribution in [0.15, 0.2) is 0 Å². The zero-order chi connectivity index (χ0) is 23.2. The number of nitrogens with zero attached hydrogens (tertiary/aromatic N) is 2. The molecule has 0 aromatic rings. The Kier molecular flexibility index (Phi) is 14.8. The van der Waals surface area contributed by atoms with Crippen LogP contribution in [0, 0.1) is 11.8 Å². The van der Waals surface area contributed by atoms with Crippen molar-refractivity contribution in [1.29, 1.82) is 0 Å². The number of ketones is 1. The van der Waals surface area contributed by atoms with Crippen LogP contribution in [0.2, 0.25) is 0 Å². The van der Waals surface area contributed by atoms with Crippen molar-refractivity contribution < 1.29 is 27.5 Å². The molecule has 0 unspecified atom stereocenters. The van der Waals surface area contributed by atoms with E-state index in [1.165, 1.54) is 29.1 Å². The van der Waals surface area contributed by atoms with Gasteiger partial charge in [0.2, 0.25) is 0 Å². The van der Waals surface area contributed by atoms with E-state index in [0.29, 0.717) is 0 Å². The van der Waals surface area contributed by atoms with Crippen molar-refractivity contribution in [3.8, 4) is 0 Å². The minimum absolute atomic E-state index is 0.0424. The van der Waals surface area contributed by atoms with E-state index in [-0.39, 0.29) is 44.4 Å². The van der Waals surface area contributed by atoms with E-state index in [0.717, 1.165) is 19.1 Å². The van der Waals surface area contributed by atoms with Gasteiger partial charge in [-0.05, 0) is 25.2 Å². The Hall–Kier alpha value is -1.35. The van der Waals surface area contributed by atoms with Gasteiger partial charge >= 0.3 is 12.2 Å². The third-order valence-electron chi connectivity index (χ3n) is 4.20. The number of alkyl halides is 3. The SMILES string of the molecule is C1CCOCC1.CC(C)C.CC(C)C(=O)CNC(=O)N1CCN(CC(F)(F)F)CC1. The number of amides is 2. The number of nitrogens with one attached hydrogen (secondary N) is 1. The summed E-state index contributed by atoms with van der Waals surface area (Å²) < 4.78 is 41.7. The van der Waals surface area contributed by atoms with Gasteiger partial charge in [0, 0.05) is 45.3 Å². The van der Waals surface area contributed by atoms with E-state index >= 15 is 0 Å². The van der Waals surface area contributed by atoms with Crippen molar-refractivity contribution in [3.63, 3.8) is 0 Å². The molecule has 0 aromatic carbocycles. The van der Waals surface area contributed by atoms with E-state index < -0.39 is 18.8 Å². The summed E-state index contributed by atoms with van der Waals surface area (Å²) in [5.74, 6) is 0.605. The molecule has 2 aliphatic heterocycles. The molecule has 0 aromatic heterocycles. The second-order valence-electron chi connectivity index (χ2n) is 8.56. The second-order valence-corrected chi connectivity index (χ2v) is 8.56. The first-order valence-electron chi connectivity index (χ1n) is 10.8. The molecule has 2 heterocycles.